The van der Waals surface area contributed by atoms with E-state index in [2.05, 4.69) is 12.2 Å². The topological polar surface area (TPSA) is 66.5 Å². The van der Waals surface area contributed by atoms with Gasteiger partial charge in [-0.3, -0.25) is 4.79 Å². The van der Waals surface area contributed by atoms with Gasteiger partial charge in [-0.25, -0.2) is 8.42 Å². The van der Waals surface area contributed by atoms with Crippen molar-refractivity contribution < 1.29 is 13.2 Å². The summed E-state index contributed by atoms with van der Waals surface area (Å²) in [7, 11) is -3.54. The van der Waals surface area contributed by atoms with Gasteiger partial charge in [0, 0.05) is 19.1 Å². The molecule has 0 aromatic heterocycles. The maximum absolute atomic E-state index is 13.2. The first-order chi connectivity index (χ1) is 14.4. The Hall–Kier alpha value is -1.40. The summed E-state index contributed by atoms with van der Waals surface area (Å²) >= 11 is 0. The number of rotatable bonds is 5. The number of nitrogens with zero attached hydrogens (tertiary/aromatic N) is 1. The summed E-state index contributed by atoms with van der Waals surface area (Å²) in [6, 6.07) is 8.75. The highest BCUT2D eigenvalue weighted by Crippen LogP contribution is 2.61. The Bertz CT molecular complexity index is 863. The van der Waals surface area contributed by atoms with Crippen LogP contribution in [0.5, 0.6) is 0 Å². The minimum absolute atomic E-state index is 0.0474. The van der Waals surface area contributed by atoms with Crippen molar-refractivity contribution in [2.24, 2.45) is 29.1 Å². The van der Waals surface area contributed by atoms with E-state index in [9.17, 15) is 13.2 Å². The van der Waals surface area contributed by atoms with Gasteiger partial charge in [-0.2, -0.15) is 4.31 Å². The Labute approximate surface area is 180 Å². The van der Waals surface area contributed by atoms with Crippen LogP contribution in [0.3, 0.4) is 0 Å². The number of carbonyl (C=O) groups is 1. The lowest BCUT2D eigenvalue weighted by molar-refractivity contribution is -0.130. The molecule has 2 unspecified atom stereocenters. The highest BCUT2D eigenvalue weighted by molar-refractivity contribution is 7.89. The number of piperidine rings is 1. The Morgan fingerprint density at radius 3 is 2.27 bits per heavy atom. The van der Waals surface area contributed by atoms with Gasteiger partial charge in [-0.05, 0) is 93.6 Å². The summed E-state index contributed by atoms with van der Waals surface area (Å²) in [5, 5.41) is 3.36. The van der Waals surface area contributed by atoms with Gasteiger partial charge in [0.05, 0.1) is 10.8 Å². The molecule has 5 nitrogen and oxygen atoms in total. The standard InChI is InChI=1S/C24H34N2O3S/c1-17(24-13-18-10-19(14-24)12-20(11-18)15-24)25-23(27)21-6-5-9-26(16-21)30(28,29)22-7-3-2-4-8-22/h2-4,7-8,17-21H,5-6,9-16H2,1H3,(H,25,27). The smallest absolute Gasteiger partial charge is 0.243 e. The number of hydrogen-bond acceptors (Lipinski definition) is 3. The number of carbonyl (C=O) groups excluding carboxylic acids is 1. The summed E-state index contributed by atoms with van der Waals surface area (Å²) < 4.78 is 27.5. The fraction of sp³-hybridized carbons (Fsp3) is 0.708. The van der Waals surface area contributed by atoms with Crippen molar-refractivity contribution in [3.63, 3.8) is 0 Å². The molecule has 5 aliphatic rings. The van der Waals surface area contributed by atoms with Crippen LogP contribution in [-0.2, 0) is 14.8 Å². The molecule has 1 aromatic rings. The van der Waals surface area contributed by atoms with Gasteiger partial charge < -0.3 is 5.32 Å². The maximum atomic E-state index is 13.2. The van der Waals surface area contributed by atoms with Crippen molar-refractivity contribution >= 4 is 15.9 Å². The second-order valence-electron chi connectivity index (χ2n) is 10.5. The lowest BCUT2D eigenvalue weighted by Gasteiger charge is -2.59. The van der Waals surface area contributed by atoms with Gasteiger partial charge in [0.1, 0.15) is 0 Å². The molecule has 4 bridgehead atoms. The van der Waals surface area contributed by atoms with Crippen LogP contribution in [0.2, 0.25) is 0 Å². The lowest BCUT2D eigenvalue weighted by Crippen LogP contribution is -2.57. The zero-order chi connectivity index (χ0) is 20.9. The van der Waals surface area contributed by atoms with E-state index >= 15 is 0 Å². The van der Waals surface area contributed by atoms with Gasteiger partial charge >= 0.3 is 0 Å². The molecule has 164 valence electrons. The molecule has 30 heavy (non-hydrogen) atoms. The van der Waals surface area contributed by atoms with Gasteiger partial charge in [-0.1, -0.05) is 18.2 Å². The molecule has 2 atom stereocenters. The third-order valence-corrected chi connectivity index (χ3v) is 10.4. The zero-order valence-electron chi connectivity index (χ0n) is 17.9. The minimum atomic E-state index is -3.54. The van der Waals surface area contributed by atoms with Gasteiger partial charge in [-0.15, -0.1) is 0 Å². The van der Waals surface area contributed by atoms with Crippen LogP contribution in [0.4, 0.5) is 0 Å². The van der Waals surface area contributed by atoms with E-state index in [4.69, 9.17) is 0 Å². The fourth-order valence-electron chi connectivity index (χ4n) is 7.31. The summed E-state index contributed by atoms with van der Waals surface area (Å²) in [4.78, 5) is 13.5. The van der Waals surface area contributed by atoms with Crippen molar-refractivity contribution in [1.29, 1.82) is 0 Å². The van der Waals surface area contributed by atoms with Crippen molar-refractivity contribution in [2.45, 2.75) is 69.2 Å². The minimum Gasteiger partial charge on any atom is -0.353 e. The van der Waals surface area contributed by atoms with Crippen LogP contribution >= 0.6 is 0 Å². The van der Waals surface area contributed by atoms with Crippen LogP contribution in [0.25, 0.3) is 0 Å². The fourth-order valence-corrected chi connectivity index (χ4v) is 8.85. The molecule has 1 aromatic carbocycles. The van der Waals surface area contributed by atoms with Crippen molar-refractivity contribution in [1.82, 2.24) is 9.62 Å². The average Bonchev–Trinajstić information content (AvgIpc) is 2.73. The SMILES string of the molecule is CC(NC(=O)C1CCCN(S(=O)(=O)c2ccccc2)C1)C12CC3CC(CC(C3)C1)C2. The number of nitrogens with one attached hydrogen (secondary N) is 1. The molecule has 4 aliphatic carbocycles. The second kappa shape index (κ2) is 7.63. The maximum Gasteiger partial charge on any atom is 0.243 e. The first kappa shape index (κ1) is 20.5. The summed E-state index contributed by atoms with van der Waals surface area (Å²) in [6.07, 6.45) is 9.48. The molecule has 1 amide bonds. The van der Waals surface area contributed by atoms with Crippen molar-refractivity contribution in [3.8, 4) is 0 Å². The molecule has 1 heterocycles. The highest BCUT2D eigenvalue weighted by atomic mass is 32.2. The molecule has 1 aliphatic heterocycles. The molecule has 0 radical (unpaired) electrons. The third kappa shape index (κ3) is 3.60. The lowest BCUT2D eigenvalue weighted by atomic mass is 9.48. The van der Waals surface area contributed by atoms with E-state index in [0.717, 1.165) is 30.6 Å². The first-order valence-corrected chi connectivity index (χ1v) is 13.2. The second-order valence-corrected chi connectivity index (χ2v) is 12.5. The first-order valence-electron chi connectivity index (χ1n) is 11.7. The largest absolute Gasteiger partial charge is 0.353 e. The van der Waals surface area contributed by atoms with Gasteiger partial charge in [0.25, 0.3) is 0 Å². The quantitative estimate of drug-likeness (QED) is 0.772. The summed E-state index contributed by atoms with van der Waals surface area (Å²) in [5.74, 6) is 2.37. The monoisotopic (exact) mass is 430 g/mol. The van der Waals surface area contributed by atoms with Gasteiger partial charge in [0.2, 0.25) is 15.9 Å². The highest BCUT2D eigenvalue weighted by Gasteiger charge is 2.53. The van der Waals surface area contributed by atoms with E-state index in [1.807, 2.05) is 6.07 Å². The normalized spacial score (nSPS) is 37.1. The summed E-state index contributed by atoms with van der Waals surface area (Å²) in [5.41, 5.74) is 0.273. The number of hydrogen-bond donors (Lipinski definition) is 1. The van der Waals surface area contributed by atoms with Crippen LogP contribution in [-0.4, -0.2) is 37.8 Å². The van der Waals surface area contributed by atoms with Crippen LogP contribution in [0, 0.1) is 29.1 Å². The van der Waals surface area contributed by atoms with Gasteiger partial charge in [0.15, 0.2) is 0 Å². The molecule has 5 fully saturated rings. The van der Waals surface area contributed by atoms with E-state index in [1.165, 1.54) is 42.8 Å². The Morgan fingerprint density at radius 1 is 1.07 bits per heavy atom. The molecule has 6 heteroatoms. The van der Waals surface area contributed by atoms with E-state index in [-0.39, 0.29) is 29.8 Å². The van der Waals surface area contributed by atoms with Crippen molar-refractivity contribution in [3.05, 3.63) is 30.3 Å². The predicted octanol–water partition coefficient (Wildman–Crippen LogP) is 3.81. The van der Waals surface area contributed by atoms with Crippen LogP contribution < -0.4 is 5.32 Å². The zero-order valence-corrected chi connectivity index (χ0v) is 18.7. The number of sulfonamides is 1. The molecular formula is C24H34N2O3S. The van der Waals surface area contributed by atoms with E-state index < -0.39 is 10.0 Å². The molecule has 1 N–H and O–H groups in total. The molecule has 1 saturated heterocycles. The number of amides is 1. The molecule has 4 saturated carbocycles. The van der Waals surface area contributed by atoms with Crippen LogP contribution in [0.1, 0.15) is 58.3 Å². The average molecular weight is 431 g/mol. The summed E-state index contributed by atoms with van der Waals surface area (Å²) in [6.45, 7) is 2.98. The molecule has 6 rings (SSSR count). The number of benzene rings is 1. The van der Waals surface area contributed by atoms with E-state index in [0.29, 0.717) is 11.4 Å². The van der Waals surface area contributed by atoms with Crippen LogP contribution in [0.15, 0.2) is 35.2 Å². The molecule has 0 spiro atoms. The molecular weight excluding hydrogens is 396 g/mol. The predicted molar refractivity (Wildman–Crippen MR) is 116 cm³/mol. The Balaban J connectivity index is 1.25. The van der Waals surface area contributed by atoms with E-state index in [1.54, 1.807) is 24.3 Å². The third-order valence-electron chi connectivity index (χ3n) is 8.50. The Morgan fingerprint density at radius 2 is 1.67 bits per heavy atom. The van der Waals surface area contributed by atoms with Crippen molar-refractivity contribution in [2.75, 3.05) is 13.1 Å². The Kier molecular flexibility index (Phi) is 5.21.